The van der Waals surface area contributed by atoms with Crippen molar-refractivity contribution in [2.24, 2.45) is 0 Å². The monoisotopic (exact) mass is 188 g/mol. The maximum Gasteiger partial charge on any atom is 0.328 e. The van der Waals surface area contributed by atoms with Gasteiger partial charge in [0.05, 0.1) is 5.69 Å². The minimum atomic E-state index is 0.0127. The first-order valence-corrected chi connectivity index (χ1v) is 4.55. The second kappa shape index (κ2) is 3.54. The Balaban J connectivity index is 2.31. The molecule has 0 saturated heterocycles. The number of carbonyl (C=O) groups excluding carboxylic acids is 1. The van der Waals surface area contributed by atoms with E-state index in [0.29, 0.717) is 6.54 Å². The minimum Gasteiger partial charge on any atom is -0.323 e. The molecule has 2 rings (SSSR count). The number of nitrogens with zero attached hydrogens (tertiary/aromatic N) is 2. The van der Waals surface area contributed by atoms with Crippen molar-refractivity contribution < 1.29 is 4.79 Å². The van der Waals surface area contributed by atoms with Crippen LogP contribution in [0.5, 0.6) is 0 Å². The van der Waals surface area contributed by atoms with E-state index in [1.165, 1.54) is 0 Å². The Kier molecular flexibility index (Phi) is 2.23. The molecule has 1 aromatic rings. The molecule has 0 aliphatic carbocycles. The van der Waals surface area contributed by atoms with Crippen molar-refractivity contribution in [2.45, 2.75) is 0 Å². The molecule has 0 bridgehead atoms. The topological polar surface area (TPSA) is 23.6 Å². The van der Waals surface area contributed by atoms with Gasteiger partial charge < -0.3 is 4.90 Å². The van der Waals surface area contributed by atoms with E-state index in [2.05, 4.69) is 0 Å². The molecule has 0 atom stereocenters. The lowest BCUT2D eigenvalue weighted by molar-refractivity contribution is 0.220. The largest absolute Gasteiger partial charge is 0.328 e. The van der Waals surface area contributed by atoms with E-state index in [-0.39, 0.29) is 6.03 Å². The number of amides is 2. The zero-order valence-electron chi connectivity index (χ0n) is 8.05. The summed E-state index contributed by atoms with van der Waals surface area (Å²) < 4.78 is 0. The zero-order valence-corrected chi connectivity index (χ0v) is 8.05. The van der Waals surface area contributed by atoms with Gasteiger partial charge in [-0.25, -0.2) is 4.79 Å². The highest BCUT2D eigenvalue weighted by atomic mass is 16.2. The third-order valence-electron chi connectivity index (χ3n) is 2.20. The van der Waals surface area contributed by atoms with Crippen LogP contribution in [0.4, 0.5) is 10.5 Å². The summed E-state index contributed by atoms with van der Waals surface area (Å²) in [6, 6.07) is 9.63. The number of hydrogen-bond donors (Lipinski definition) is 0. The molecule has 1 aromatic carbocycles. The molecular weight excluding hydrogens is 176 g/mol. The molecule has 3 nitrogen and oxygen atoms in total. The van der Waals surface area contributed by atoms with Gasteiger partial charge in [-0.05, 0) is 18.2 Å². The molecule has 1 heterocycles. The van der Waals surface area contributed by atoms with Crippen LogP contribution in [0, 0.1) is 0 Å². The van der Waals surface area contributed by atoms with Crippen LogP contribution in [-0.4, -0.2) is 24.5 Å². The van der Waals surface area contributed by atoms with Crippen molar-refractivity contribution in [3.8, 4) is 0 Å². The van der Waals surface area contributed by atoms with Gasteiger partial charge >= 0.3 is 6.03 Å². The first-order chi connectivity index (χ1) is 6.79. The van der Waals surface area contributed by atoms with E-state index in [9.17, 15) is 4.79 Å². The molecule has 0 spiro atoms. The Hall–Kier alpha value is -1.77. The van der Waals surface area contributed by atoms with Gasteiger partial charge in [0.1, 0.15) is 0 Å². The number of carbonyl (C=O) groups is 1. The molecular formula is C11H12N2O. The predicted octanol–water partition coefficient (Wildman–Crippen LogP) is 2.07. The molecule has 72 valence electrons. The molecule has 2 amide bonds. The van der Waals surface area contributed by atoms with Crippen LogP contribution in [0.15, 0.2) is 42.6 Å². The number of rotatable bonds is 1. The fourth-order valence-electron chi connectivity index (χ4n) is 1.42. The quantitative estimate of drug-likeness (QED) is 0.661. The smallest absolute Gasteiger partial charge is 0.323 e. The fourth-order valence-corrected chi connectivity index (χ4v) is 1.42. The van der Waals surface area contributed by atoms with Gasteiger partial charge in [-0.2, -0.15) is 0 Å². The Bertz CT molecular complexity index is 359. The van der Waals surface area contributed by atoms with Crippen molar-refractivity contribution >= 4 is 11.7 Å². The third kappa shape index (κ3) is 1.48. The summed E-state index contributed by atoms with van der Waals surface area (Å²) in [6.07, 6.45) is 3.78. The summed E-state index contributed by atoms with van der Waals surface area (Å²) >= 11 is 0. The summed E-state index contributed by atoms with van der Waals surface area (Å²) in [7, 11) is 1.79. The standard InChI is InChI=1S/C11H12N2O/c1-12-8-5-9-13(11(12)14)10-6-3-2-4-7-10/h2-7,9H,8H2,1H3. The Morgan fingerprint density at radius 2 is 1.93 bits per heavy atom. The first-order valence-electron chi connectivity index (χ1n) is 4.55. The molecule has 0 N–H and O–H groups in total. The van der Waals surface area contributed by atoms with E-state index in [0.717, 1.165) is 5.69 Å². The average molecular weight is 188 g/mol. The number of anilines is 1. The lowest BCUT2D eigenvalue weighted by Crippen LogP contribution is -2.41. The number of urea groups is 1. The molecule has 0 saturated carbocycles. The molecule has 3 heteroatoms. The highest BCUT2D eigenvalue weighted by Gasteiger charge is 2.19. The highest BCUT2D eigenvalue weighted by Crippen LogP contribution is 2.17. The van der Waals surface area contributed by atoms with Crippen LogP contribution in [-0.2, 0) is 0 Å². The van der Waals surface area contributed by atoms with Gasteiger partial charge in [-0.15, -0.1) is 0 Å². The fraction of sp³-hybridized carbons (Fsp3) is 0.182. The van der Waals surface area contributed by atoms with Crippen molar-refractivity contribution in [3.63, 3.8) is 0 Å². The summed E-state index contributed by atoms with van der Waals surface area (Å²) in [5.74, 6) is 0. The van der Waals surface area contributed by atoms with Crippen LogP contribution in [0.1, 0.15) is 0 Å². The summed E-state index contributed by atoms with van der Waals surface area (Å²) in [5, 5.41) is 0. The predicted molar refractivity (Wildman–Crippen MR) is 56.1 cm³/mol. The Morgan fingerprint density at radius 1 is 1.21 bits per heavy atom. The van der Waals surface area contributed by atoms with Gasteiger partial charge in [0.15, 0.2) is 0 Å². The van der Waals surface area contributed by atoms with Gasteiger partial charge in [-0.1, -0.05) is 18.2 Å². The van der Waals surface area contributed by atoms with Gasteiger partial charge in [0, 0.05) is 19.8 Å². The van der Waals surface area contributed by atoms with Crippen molar-refractivity contribution in [2.75, 3.05) is 18.5 Å². The normalized spacial score (nSPS) is 16.2. The molecule has 1 aliphatic heterocycles. The maximum atomic E-state index is 11.7. The van der Waals surface area contributed by atoms with Crippen LogP contribution in [0.2, 0.25) is 0 Å². The molecule has 1 aliphatic rings. The molecule has 0 fully saturated rings. The second-order valence-corrected chi connectivity index (χ2v) is 3.25. The molecule has 14 heavy (non-hydrogen) atoms. The van der Waals surface area contributed by atoms with Crippen LogP contribution < -0.4 is 4.90 Å². The SMILES string of the molecule is CN1CC=CN(c2ccccc2)C1=O. The lowest BCUT2D eigenvalue weighted by atomic mass is 10.3. The molecule has 0 aromatic heterocycles. The number of benzene rings is 1. The Morgan fingerprint density at radius 3 is 2.64 bits per heavy atom. The second-order valence-electron chi connectivity index (χ2n) is 3.25. The maximum absolute atomic E-state index is 11.7. The van der Waals surface area contributed by atoms with E-state index in [1.807, 2.05) is 42.6 Å². The summed E-state index contributed by atoms with van der Waals surface area (Å²) in [6.45, 7) is 0.683. The minimum absolute atomic E-state index is 0.0127. The van der Waals surface area contributed by atoms with E-state index in [1.54, 1.807) is 16.8 Å². The average Bonchev–Trinajstić information content (AvgIpc) is 2.23. The number of hydrogen-bond acceptors (Lipinski definition) is 1. The number of para-hydroxylation sites is 1. The molecule has 0 unspecified atom stereocenters. The third-order valence-corrected chi connectivity index (χ3v) is 2.20. The van der Waals surface area contributed by atoms with Gasteiger partial charge in [0.2, 0.25) is 0 Å². The van der Waals surface area contributed by atoms with Crippen molar-refractivity contribution in [1.29, 1.82) is 0 Å². The first kappa shape index (κ1) is 8.81. The van der Waals surface area contributed by atoms with Gasteiger partial charge in [-0.3, -0.25) is 4.90 Å². The van der Waals surface area contributed by atoms with Crippen molar-refractivity contribution in [1.82, 2.24) is 4.90 Å². The van der Waals surface area contributed by atoms with E-state index in [4.69, 9.17) is 0 Å². The lowest BCUT2D eigenvalue weighted by Gasteiger charge is -2.28. The number of likely N-dealkylation sites (N-methyl/N-ethyl adjacent to an activating group) is 1. The van der Waals surface area contributed by atoms with Crippen LogP contribution in [0.3, 0.4) is 0 Å². The van der Waals surface area contributed by atoms with Crippen LogP contribution >= 0.6 is 0 Å². The van der Waals surface area contributed by atoms with E-state index < -0.39 is 0 Å². The zero-order chi connectivity index (χ0) is 9.97. The summed E-state index contributed by atoms with van der Waals surface area (Å²) in [4.78, 5) is 15.0. The van der Waals surface area contributed by atoms with E-state index >= 15 is 0 Å². The highest BCUT2D eigenvalue weighted by molar-refractivity contribution is 5.94. The van der Waals surface area contributed by atoms with Crippen molar-refractivity contribution in [3.05, 3.63) is 42.6 Å². The van der Waals surface area contributed by atoms with Gasteiger partial charge in [0.25, 0.3) is 0 Å². The summed E-state index contributed by atoms with van der Waals surface area (Å²) in [5.41, 5.74) is 0.903. The van der Waals surface area contributed by atoms with Crippen LogP contribution in [0.25, 0.3) is 0 Å². The Labute approximate surface area is 83.2 Å². The molecule has 0 radical (unpaired) electrons.